The third kappa shape index (κ3) is 3.14. The highest BCUT2D eigenvalue weighted by Gasteiger charge is 2.47. The van der Waals surface area contributed by atoms with Gasteiger partial charge in [-0.25, -0.2) is 4.79 Å². The zero-order valence-corrected chi connectivity index (χ0v) is 11.5. The van der Waals surface area contributed by atoms with Crippen molar-refractivity contribution in [2.45, 2.75) is 36.3 Å². The molecule has 0 aromatic rings. The number of carboxylic acids is 1. The van der Waals surface area contributed by atoms with Gasteiger partial charge in [-0.2, -0.15) is 21.0 Å². The molecule has 0 aromatic carbocycles. The van der Waals surface area contributed by atoms with Crippen molar-refractivity contribution in [3.05, 3.63) is 0 Å². The number of thiol groups is 1. The maximum Gasteiger partial charge on any atom is 0.327 e. The molecular weight excluding hydrogens is 285 g/mol. The Morgan fingerprint density at radius 1 is 1.61 bits per heavy atom. The van der Waals surface area contributed by atoms with Crippen LogP contribution in [-0.2, 0) is 19.8 Å². The monoisotopic (exact) mass is 299 g/mol. The van der Waals surface area contributed by atoms with Gasteiger partial charge in [-0.1, -0.05) is 0 Å². The predicted molar refractivity (Wildman–Crippen MR) is 64.6 cm³/mol. The first kappa shape index (κ1) is 15.2. The van der Waals surface area contributed by atoms with E-state index in [0.29, 0.717) is 0 Å². The van der Waals surface area contributed by atoms with Crippen LogP contribution in [0.25, 0.3) is 0 Å². The molecule has 1 aliphatic rings. The van der Waals surface area contributed by atoms with Crippen LogP contribution in [0.1, 0.15) is 20.3 Å². The first-order chi connectivity index (χ1) is 7.94. The number of carbonyl (C=O) groups excluding carboxylic acids is 1. The SMILES string of the molecule is CC(C)(S)[C@@H](C(=O)O)N1CC(S(=O)(=O)F)CC1=O. The van der Waals surface area contributed by atoms with Crippen LogP contribution in [0.2, 0.25) is 0 Å². The van der Waals surface area contributed by atoms with Crippen molar-refractivity contribution in [1.29, 1.82) is 0 Å². The van der Waals surface area contributed by atoms with Gasteiger partial charge in [0, 0.05) is 17.7 Å². The maximum absolute atomic E-state index is 12.8. The maximum atomic E-state index is 12.8. The molecule has 2 atom stereocenters. The highest BCUT2D eigenvalue weighted by molar-refractivity contribution is 7.87. The van der Waals surface area contributed by atoms with Crippen molar-refractivity contribution < 1.29 is 27.0 Å². The van der Waals surface area contributed by atoms with Gasteiger partial charge in [0.25, 0.3) is 0 Å². The molecule has 1 amide bonds. The average Bonchev–Trinajstić information content (AvgIpc) is 2.44. The predicted octanol–water partition coefficient (Wildman–Crippen LogP) is 0.0482. The van der Waals surface area contributed by atoms with E-state index in [4.69, 9.17) is 5.11 Å². The lowest BCUT2D eigenvalue weighted by molar-refractivity contribution is -0.149. The largest absolute Gasteiger partial charge is 0.480 e. The van der Waals surface area contributed by atoms with Crippen LogP contribution in [0, 0.1) is 0 Å². The van der Waals surface area contributed by atoms with Gasteiger partial charge in [-0.15, -0.1) is 3.89 Å². The van der Waals surface area contributed by atoms with Gasteiger partial charge in [-0.3, -0.25) is 4.79 Å². The minimum Gasteiger partial charge on any atom is -0.480 e. The van der Waals surface area contributed by atoms with E-state index in [1.54, 1.807) is 0 Å². The van der Waals surface area contributed by atoms with E-state index in [1.165, 1.54) is 13.8 Å². The van der Waals surface area contributed by atoms with E-state index >= 15 is 0 Å². The summed E-state index contributed by atoms with van der Waals surface area (Å²) in [6.07, 6.45) is -0.535. The molecule has 1 heterocycles. The average molecular weight is 299 g/mol. The van der Waals surface area contributed by atoms with Gasteiger partial charge < -0.3 is 10.0 Å². The number of hydrogen-bond acceptors (Lipinski definition) is 5. The number of likely N-dealkylation sites (tertiary alicyclic amines) is 1. The molecule has 1 unspecified atom stereocenters. The Balaban J connectivity index is 3.04. The normalized spacial score (nSPS) is 23.2. The first-order valence-corrected chi connectivity index (χ1v) is 7.02. The van der Waals surface area contributed by atoms with Crippen molar-refractivity contribution in [1.82, 2.24) is 4.90 Å². The van der Waals surface area contributed by atoms with Gasteiger partial charge in [0.2, 0.25) is 5.91 Å². The van der Waals surface area contributed by atoms with Crippen molar-refractivity contribution in [3.8, 4) is 0 Å². The lowest BCUT2D eigenvalue weighted by atomic mass is 10.0. The third-order valence-electron chi connectivity index (χ3n) is 2.74. The number of halogens is 1. The Bertz CT molecular complexity index is 470. The second-order valence-electron chi connectivity index (χ2n) is 4.74. The summed E-state index contributed by atoms with van der Waals surface area (Å²) >= 11 is 4.09. The van der Waals surface area contributed by atoms with E-state index in [-0.39, 0.29) is 0 Å². The van der Waals surface area contributed by atoms with E-state index in [1.807, 2.05) is 0 Å². The fraction of sp³-hybridized carbons (Fsp3) is 0.778. The number of hydrogen-bond donors (Lipinski definition) is 2. The fourth-order valence-electron chi connectivity index (χ4n) is 1.95. The first-order valence-electron chi connectivity index (χ1n) is 5.12. The van der Waals surface area contributed by atoms with Crippen molar-refractivity contribution in [3.63, 3.8) is 0 Å². The molecule has 1 fully saturated rings. The van der Waals surface area contributed by atoms with Crippen LogP contribution in [-0.4, -0.2) is 52.9 Å². The molecule has 1 N–H and O–H groups in total. The zero-order valence-electron chi connectivity index (χ0n) is 9.83. The molecule has 0 bridgehead atoms. The third-order valence-corrected chi connectivity index (χ3v) is 4.09. The topological polar surface area (TPSA) is 91.8 Å². The molecule has 9 heteroatoms. The molecular formula is C9H14FNO5S2. The van der Waals surface area contributed by atoms with Gasteiger partial charge >= 0.3 is 16.2 Å². The van der Waals surface area contributed by atoms with Crippen LogP contribution in [0.15, 0.2) is 0 Å². The number of carboxylic acid groups (broad SMARTS) is 1. The van der Waals surface area contributed by atoms with E-state index in [9.17, 15) is 21.9 Å². The molecule has 0 spiro atoms. The summed E-state index contributed by atoms with van der Waals surface area (Å²) in [6, 6.07) is -1.31. The second-order valence-corrected chi connectivity index (χ2v) is 7.51. The molecule has 6 nitrogen and oxygen atoms in total. The minimum absolute atomic E-state index is 0.460. The molecule has 0 aliphatic carbocycles. The molecule has 0 aromatic heterocycles. The summed E-state index contributed by atoms with van der Waals surface area (Å²) in [6.45, 7) is 2.51. The number of nitrogens with zero attached hydrogens (tertiary/aromatic N) is 1. The molecule has 104 valence electrons. The number of rotatable bonds is 4. The molecule has 1 rings (SSSR count). The summed E-state index contributed by atoms with van der Waals surface area (Å²) in [5.41, 5.74) is 0. The molecule has 0 radical (unpaired) electrons. The molecule has 1 aliphatic heterocycles. The van der Waals surface area contributed by atoms with E-state index in [2.05, 4.69) is 12.6 Å². The van der Waals surface area contributed by atoms with E-state index in [0.717, 1.165) is 4.90 Å². The van der Waals surface area contributed by atoms with Gasteiger partial charge in [0.05, 0.1) is 0 Å². The Morgan fingerprint density at radius 3 is 2.39 bits per heavy atom. The van der Waals surface area contributed by atoms with E-state index < -0.39 is 51.1 Å². The van der Waals surface area contributed by atoms with Crippen LogP contribution in [0.4, 0.5) is 3.89 Å². The number of aliphatic carboxylic acids is 1. The van der Waals surface area contributed by atoms with Gasteiger partial charge in [0.1, 0.15) is 11.3 Å². The summed E-state index contributed by atoms with van der Waals surface area (Å²) in [4.78, 5) is 23.6. The van der Waals surface area contributed by atoms with Crippen LogP contribution >= 0.6 is 12.6 Å². The van der Waals surface area contributed by atoms with Crippen LogP contribution < -0.4 is 0 Å². The highest BCUT2D eigenvalue weighted by Crippen LogP contribution is 2.29. The summed E-state index contributed by atoms with van der Waals surface area (Å²) in [5.74, 6) is -2.00. The molecule has 1 saturated heterocycles. The summed E-state index contributed by atoms with van der Waals surface area (Å²) < 4.78 is 33.3. The minimum atomic E-state index is -4.85. The van der Waals surface area contributed by atoms with Crippen molar-refractivity contribution >= 4 is 34.7 Å². The Hall–Kier alpha value is -0.830. The Labute approximate surface area is 110 Å². The summed E-state index contributed by atoms with van der Waals surface area (Å²) in [5, 5.41) is 7.59. The van der Waals surface area contributed by atoms with Gasteiger partial charge in [-0.05, 0) is 13.8 Å². The van der Waals surface area contributed by atoms with Crippen molar-refractivity contribution in [2.24, 2.45) is 0 Å². The second kappa shape index (κ2) is 4.69. The quantitative estimate of drug-likeness (QED) is 0.565. The lowest BCUT2D eigenvalue weighted by Gasteiger charge is -2.33. The summed E-state index contributed by atoms with van der Waals surface area (Å²) in [7, 11) is -4.85. The number of amides is 1. The number of carbonyl (C=O) groups is 2. The smallest absolute Gasteiger partial charge is 0.327 e. The Morgan fingerprint density at radius 2 is 2.11 bits per heavy atom. The van der Waals surface area contributed by atoms with Crippen LogP contribution in [0.5, 0.6) is 0 Å². The van der Waals surface area contributed by atoms with Crippen LogP contribution in [0.3, 0.4) is 0 Å². The van der Waals surface area contributed by atoms with Gasteiger partial charge in [0.15, 0.2) is 0 Å². The fourth-order valence-corrected chi connectivity index (χ4v) is 2.88. The highest BCUT2D eigenvalue weighted by atomic mass is 32.3. The Kier molecular flexibility index (Phi) is 3.97. The molecule has 0 saturated carbocycles. The standard InChI is InChI=1S/C9H14FNO5S2/c1-9(2,17)7(8(13)14)11-4-5(3-6(11)12)18(10,15)16/h5,7,17H,3-4H2,1-2H3,(H,13,14)/t5?,7-/m1/s1. The molecule has 18 heavy (non-hydrogen) atoms. The lowest BCUT2D eigenvalue weighted by Crippen LogP contribution is -2.52. The van der Waals surface area contributed by atoms with Crippen molar-refractivity contribution in [2.75, 3.05) is 6.54 Å². The zero-order chi connectivity index (χ0) is 14.3.